The van der Waals surface area contributed by atoms with Gasteiger partial charge in [-0.15, -0.1) is 0 Å². The second-order valence-corrected chi connectivity index (χ2v) is 7.86. The largest absolute Gasteiger partial charge is 0.481 e. The molecule has 2 aliphatic heterocycles. The summed E-state index contributed by atoms with van der Waals surface area (Å²) in [5.41, 5.74) is 0.685. The molecule has 2 aliphatic rings. The van der Waals surface area contributed by atoms with Crippen LogP contribution >= 0.6 is 0 Å². The highest BCUT2D eigenvalue weighted by molar-refractivity contribution is 5.99. The van der Waals surface area contributed by atoms with Crippen LogP contribution in [0.4, 0.5) is 10.5 Å². The van der Waals surface area contributed by atoms with Gasteiger partial charge in [0.1, 0.15) is 5.60 Å². The lowest BCUT2D eigenvalue weighted by Gasteiger charge is -2.36. The fourth-order valence-corrected chi connectivity index (χ4v) is 3.28. The van der Waals surface area contributed by atoms with Gasteiger partial charge in [0.15, 0.2) is 0 Å². The number of carboxylic acid groups (broad SMARTS) is 1. The Morgan fingerprint density at radius 1 is 1.31 bits per heavy atom. The first-order valence-electron chi connectivity index (χ1n) is 8.64. The van der Waals surface area contributed by atoms with Gasteiger partial charge >= 0.3 is 12.1 Å². The van der Waals surface area contributed by atoms with Crippen molar-refractivity contribution in [2.75, 3.05) is 11.4 Å². The van der Waals surface area contributed by atoms with Crippen molar-refractivity contribution in [3.63, 3.8) is 0 Å². The number of anilines is 1. The van der Waals surface area contributed by atoms with Crippen molar-refractivity contribution in [1.29, 1.82) is 0 Å². The molecule has 142 valence electrons. The molecule has 2 atom stereocenters. The Labute approximate surface area is 151 Å². The molecule has 1 fully saturated rings. The van der Waals surface area contributed by atoms with E-state index in [1.807, 2.05) is 27.7 Å². The Morgan fingerprint density at radius 2 is 2.00 bits per heavy atom. The molecule has 0 radical (unpaired) electrons. The minimum absolute atomic E-state index is 0.0217. The summed E-state index contributed by atoms with van der Waals surface area (Å²) in [6.45, 7) is 8.20. The van der Waals surface area contributed by atoms with Gasteiger partial charge in [0.05, 0.1) is 42.6 Å². The maximum absolute atomic E-state index is 12.5. The molecular formula is C17H24N4O5. The summed E-state index contributed by atoms with van der Waals surface area (Å²) >= 11 is 0. The summed E-state index contributed by atoms with van der Waals surface area (Å²) in [5, 5.41) is 13.5. The summed E-state index contributed by atoms with van der Waals surface area (Å²) in [4.78, 5) is 39.0. The number of ether oxygens (including phenoxy) is 1. The molecule has 2 amide bonds. The summed E-state index contributed by atoms with van der Waals surface area (Å²) in [5.74, 6) is -1.94. The van der Waals surface area contributed by atoms with Gasteiger partial charge < -0.3 is 14.7 Å². The van der Waals surface area contributed by atoms with Crippen LogP contribution in [0.1, 0.15) is 39.8 Å². The fourth-order valence-electron chi connectivity index (χ4n) is 3.28. The van der Waals surface area contributed by atoms with Gasteiger partial charge in [-0.1, -0.05) is 0 Å². The van der Waals surface area contributed by atoms with Gasteiger partial charge in [-0.3, -0.25) is 19.2 Å². The third kappa shape index (κ3) is 3.38. The molecule has 0 saturated carbocycles. The number of carbonyl (C=O) groups excluding carboxylic acids is 2. The van der Waals surface area contributed by atoms with E-state index in [1.165, 1.54) is 4.90 Å². The molecule has 2 unspecified atom stereocenters. The topological polar surface area (TPSA) is 105 Å². The number of rotatable bonds is 2. The molecule has 1 aromatic heterocycles. The number of carboxylic acids is 1. The highest BCUT2D eigenvalue weighted by Crippen LogP contribution is 2.32. The third-order valence-electron chi connectivity index (χ3n) is 4.61. The zero-order valence-electron chi connectivity index (χ0n) is 15.4. The van der Waals surface area contributed by atoms with E-state index in [0.717, 1.165) is 0 Å². The predicted molar refractivity (Wildman–Crippen MR) is 91.6 cm³/mol. The lowest BCUT2D eigenvalue weighted by molar-refractivity contribution is -0.141. The van der Waals surface area contributed by atoms with Crippen LogP contribution in [0, 0.1) is 5.92 Å². The molecule has 26 heavy (non-hydrogen) atoms. The van der Waals surface area contributed by atoms with Crippen LogP contribution in [0.5, 0.6) is 0 Å². The van der Waals surface area contributed by atoms with Crippen LogP contribution in [-0.4, -0.2) is 55.9 Å². The van der Waals surface area contributed by atoms with Gasteiger partial charge in [0.2, 0.25) is 5.91 Å². The standard InChI is InChI=1S/C17H24N4O5/c1-10-7-21-13(9-19(10)16(25)26-17(2,3)4)12(6-18-21)20-8-11(15(23)24)5-14(20)22/h6,10-11H,5,7-9H2,1-4H3,(H,23,24). The maximum atomic E-state index is 12.5. The maximum Gasteiger partial charge on any atom is 0.410 e. The van der Waals surface area contributed by atoms with Crippen molar-refractivity contribution >= 4 is 23.7 Å². The van der Waals surface area contributed by atoms with Crippen LogP contribution in [0.2, 0.25) is 0 Å². The van der Waals surface area contributed by atoms with E-state index in [1.54, 1.807) is 15.8 Å². The monoisotopic (exact) mass is 364 g/mol. The molecule has 0 spiro atoms. The van der Waals surface area contributed by atoms with Crippen LogP contribution in [-0.2, 0) is 27.4 Å². The van der Waals surface area contributed by atoms with Crippen molar-refractivity contribution in [2.45, 2.75) is 58.8 Å². The first-order valence-corrected chi connectivity index (χ1v) is 8.64. The van der Waals surface area contributed by atoms with E-state index in [2.05, 4.69) is 5.10 Å². The molecule has 0 aromatic carbocycles. The lowest BCUT2D eigenvalue weighted by Crippen LogP contribution is -2.47. The minimum Gasteiger partial charge on any atom is -0.481 e. The first-order chi connectivity index (χ1) is 12.1. The van der Waals surface area contributed by atoms with Crippen molar-refractivity contribution in [2.24, 2.45) is 5.92 Å². The Balaban J connectivity index is 1.84. The van der Waals surface area contributed by atoms with Crippen molar-refractivity contribution in [3.05, 3.63) is 11.9 Å². The first kappa shape index (κ1) is 18.2. The molecule has 9 heteroatoms. The highest BCUT2D eigenvalue weighted by Gasteiger charge is 2.39. The Bertz CT molecular complexity index is 751. The summed E-state index contributed by atoms with van der Waals surface area (Å²) in [6, 6.07) is -0.105. The molecule has 1 N–H and O–H groups in total. The van der Waals surface area contributed by atoms with E-state index in [9.17, 15) is 19.5 Å². The summed E-state index contributed by atoms with van der Waals surface area (Å²) in [7, 11) is 0. The second kappa shape index (κ2) is 6.30. The Kier molecular flexibility index (Phi) is 4.41. The molecule has 0 bridgehead atoms. The zero-order chi connectivity index (χ0) is 19.2. The average molecular weight is 364 g/mol. The Morgan fingerprint density at radius 3 is 2.58 bits per heavy atom. The van der Waals surface area contributed by atoms with Crippen LogP contribution in [0.3, 0.4) is 0 Å². The van der Waals surface area contributed by atoms with E-state index in [0.29, 0.717) is 17.9 Å². The van der Waals surface area contributed by atoms with Crippen LogP contribution < -0.4 is 4.90 Å². The van der Waals surface area contributed by atoms with E-state index in [-0.39, 0.29) is 31.5 Å². The van der Waals surface area contributed by atoms with Crippen LogP contribution in [0.15, 0.2) is 6.20 Å². The summed E-state index contributed by atoms with van der Waals surface area (Å²) < 4.78 is 7.24. The van der Waals surface area contributed by atoms with Gasteiger partial charge in [0, 0.05) is 13.0 Å². The smallest absolute Gasteiger partial charge is 0.410 e. The van der Waals surface area contributed by atoms with Gasteiger partial charge in [0.25, 0.3) is 0 Å². The van der Waals surface area contributed by atoms with E-state index >= 15 is 0 Å². The SMILES string of the molecule is CC1Cn2ncc(N3CC(C(=O)O)CC3=O)c2CN1C(=O)OC(C)(C)C. The Hall–Kier alpha value is -2.58. The lowest BCUT2D eigenvalue weighted by atomic mass is 10.1. The predicted octanol–water partition coefficient (Wildman–Crippen LogP) is 1.46. The van der Waals surface area contributed by atoms with E-state index in [4.69, 9.17) is 4.74 Å². The molecular weight excluding hydrogens is 340 g/mol. The van der Waals surface area contributed by atoms with Gasteiger partial charge in [-0.25, -0.2) is 4.79 Å². The van der Waals surface area contributed by atoms with Crippen molar-refractivity contribution < 1.29 is 24.2 Å². The number of nitrogens with zero attached hydrogens (tertiary/aromatic N) is 4. The van der Waals surface area contributed by atoms with Crippen molar-refractivity contribution in [3.8, 4) is 0 Å². The number of aromatic nitrogens is 2. The highest BCUT2D eigenvalue weighted by atomic mass is 16.6. The minimum atomic E-state index is -0.981. The number of fused-ring (bicyclic) bond motifs is 1. The fraction of sp³-hybridized carbons (Fsp3) is 0.647. The molecule has 3 heterocycles. The average Bonchev–Trinajstić information content (AvgIpc) is 3.07. The van der Waals surface area contributed by atoms with Crippen molar-refractivity contribution in [1.82, 2.24) is 14.7 Å². The molecule has 0 aliphatic carbocycles. The molecule has 1 saturated heterocycles. The van der Waals surface area contributed by atoms with Gasteiger partial charge in [-0.05, 0) is 27.7 Å². The normalized spacial score (nSPS) is 23.2. The number of hydrogen-bond donors (Lipinski definition) is 1. The molecule has 1 aromatic rings. The van der Waals surface area contributed by atoms with Crippen LogP contribution in [0.25, 0.3) is 0 Å². The second-order valence-electron chi connectivity index (χ2n) is 7.86. The zero-order valence-corrected chi connectivity index (χ0v) is 15.4. The third-order valence-corrected chi connectivity index (χ3v) is 4.61. The molecule has 9 nitrogen and oxygen atoms in total. The summed E-state index contributed by atoms with van der Waals surface area (Å²) in [6.07, 6.45) is 1.13. The van der Waals surface area contributed by atoms with E-state index < -0.39 is 23.6 Å². The number of carbonyl (C=O) groups is 3. The quantitative estimate of drug-likeness (QED) is 0.852. The number of aliphatic carboxylic acids is 1. The number of hydrogen-bond acceptors (Lipinski definition) is 5. The molecule has 3 rings (SSSR count). The number of amides is 2. The van der Waals surface area contributed by atoms with Gasteiger partial charge in [-0.2, -0.15) is 5.10 Å².